The number of benzene rings is 4. The Hall–Kier alpha value is -2.73. The van der Waals surface area contributed by atoms with Crippen molar-refractivity contribution in [3.63, 3.8) is 0 Å². The lowest BCUT2D eigenvalue weighted by atomic mass is 10.1. The summed E-state index contributed by atoms with van der Waals surface area (Å²) in [5.41, 5.74) is 0.806. The van der Waals surface area contributed by atoms with Crippen molar-refractivity contribution in [2.45, 2.75) is 12.8 Å². The van der Waals surface area contributed by atoms with Crippen LogP contribution in [-0.4, -0.2) is 11.9 Å². The van der Waals surface area contributed by atoms with E-state index in [1.54, 1.807) is 0 Å². The molecule has 0 fully saturated rings. The minimum absolute atomic E-state index is 0. The maximum atomic E-state index is 12.8. The predicted octanol–water partition coefficient (Wildman–Crippen LogP) is 6.07. The Labute approximate surface area is 191 Å². The second-order valence-corrected chi connectivity index (χ2v) is 11.0. The summed E-state index contributed by atoms with van der Waals surface area (Å²) >= 11 is 0. The van der Waals surface area contributed by atoms with Gasteiger partial charge in [0.2, 0.25) is 0 Å². The maximum Gasteiger partial charge on any atom is 0.163 e. The second-order valence-electron chi connectivity index (χ2n) is 7.43. The number of carbonyl (C=O) groups excluding carboxylic acids is 1. The van der Waals surface area contributed by atoms with E-state index < -0.39 is 7.26 Å². The molecule has 31 heavy (non-hydrogen) atoms. The average Bonchev–Trinajstić information content (AvgIpc) is 2.84. The number of carbonyl (C=O) groups is 1. The van der Waals surface area contributed by atoms with Gasteiger partial charge in [0.1, 0.15) is 23.2 Å². The molecular formula is C28H27ClOP+. The lowest BCUT2D eigenvalue weighted by molar-refractivity contribution is 0.0982. The van der Waals surface area contributed by atoms with Gasteiger partial charge in [0.15, 0.2) is 5.78 Å². The number of hydrogen-bond acceptors (Lipinski definition) is 1. The summed E-state index contributed by atoms with van der Waals surface area (Å²) in [6.07, 6.45) is 2.40. The summed E-state index contributed by atoms with van der Waals surface area (Å²) in [6.45, 7) is 0. The van der Waals surface area contributed by atoms with Crippen LogP contribution < -0.4 is 15.9 Å². The van der Waals surface area contributed by atoms with Crippen LogP contribution in [0.3, 0.4) is 0 Å². The fourth-order valence-electron chi connectivity index (χ4n) is 4.13. The fraction of sp³-hybridized carbons (Fsp3) is 0.107. The van der Waals surface area contributed by atoms with Crippen molar-refractivity contribution < 1.29 is 4.79 Å². The molecule has 4 rings (SSSR count). The predicted molar refractivity (Wildman–Crippen MR) is 137 cm³/mol. The average molecular weight is 446 g/mol. The van der Waals surface area contributed by atoms with Crippen molar-refractivity contribution in [2.75, 3.05) is 6.16 Å². The first-order valence-electron chi connectivity index (χ1n) is 10.4. The first-order valence-corrected chi connectivity index (χ1v) is 12.4. The van der Waals surface area contributed by atoms with E-state index in [0.717, 1.165) is 18.1 Å². The van der Waals surface area contributed by atoms with E-state index in [1.807, 2.05) is 30.3 Å². The quantitative estimate of drug-likeness (QED) is 0.238. The summed E-state index contributed by atoms with van der Waals surface area (Å²) in [4.78, 5) is 12.8. The first kappa shape index (κ1) is 22.9. The van der Waals surface area contributed by atoms with E-state index >= 15 is 0 Å². The van der Waals surface area contributed by atoms with Crippen LogP contribution in [0.2, 0.25) is 0 Å². The Morgan fingerprint density at radius 1 is 0.548 bits per heavy atom. The zero-order valence-electron chi connectivity index (χ0n) is 17.4. The minimum Gasteiger partial charge on any atom is -0.294 e. The number of rotatable bonds is 8. The summed E-state index contributed by atoms with van der Waals surface area (Å²) < 4.78 is 0. The van der Waals surface area contributed by atoms with E-state index in [9.17, 15) is 4.79 Å². The van der Waals surface area contributed by atoms with E-state index in [0.29, 0.717) is 6.42 Å². The number of hydrogen-bond donors (Lipinski definition) is 0. The molecule has 0 radical (unpaired) electrons. The SMILES string of the molecule is Cl.O=C(CCC[P+](c1ccccc1)(c1ccccc1)c1ccccc1)c1ccccc1. The molecule has 0 aliphatic heterocycles. The van der Waals surface area contributed by atoms with Crippen molar-refractivity contribution in [1.29, 1.82) is 0 Å². The molecule has 4 aromatic carbocycles. The van der Waals surface area contributed by atoms with Gasteiger partial charge < -0.3 is 0 Å². The van der Waals surface area contributed by atoms with Gasteiger partial charge in [0.05, 0.1) is 6.16 Å². The van der Waals surface area contributed by atoms with Gasteiger partial charge in [-0.3, -0.25) is 4.79 Å². The maximum absolute atomic E-state index is 12.8. The second kappa shape index (κ2) is 11.0. The molecule has 0 aromatic heterocycles. The van der Waals surface area contributed by atoms with Crippen LogP contribution >= 0.6 is 19.7 Å². The Morgan fingerprint density at radius 2 is 0.903 bits per heavy atom. The summed E-state index contributed by atoms with van der Waals surface area (Å²) in [7, 11) is -1.85. The lowest BCUT2D eigenvalue weighted by Crippen LogP contribution is -2.33. The van der Waals surface area contributed by atoms with Crippen LogP contribution in [0.5, 0.6) is 0 Å². The number of ketones is 1. The highest BCUT2D eigenvalue weighted by Crippen LogP contribution is 2.55. The zero-order chi connectivity index (χ0) is 20.7. The molecular weight excluding hydrogens is 419 g/mol. The van der Waals surface area contributed by atoms with Gasteiger partial charge in [0.25, 0.3) is 0 Å². The van der Waals surface area contributed by atoms with Crippen molar-refractivity contribution in [1.82, 2.24) is 0 Å². The van der Waals surface area contributed by atoms with Crippen LogP contribution in [0.1, 0.15) is 23.2 Å². The molecule has 0 saturated carbocycles. The van der Waals surface area contributed by atoms with Crippen molar-refractivity contribution in [3.8, 4) is 0 Å². The van der Waals surface area contributed by atoms with Gasteiger partial charge in [-0.15, -0.1) is 12.4 Å². The Morgan fingerprint density at radius 3 is 1.29 bits per heavy atom. The largest absolute Gasteiger partial charge is 0.294 e. The highest BCUT2D eigenvalue weighted by molar-refractivity contribution is 7.95. The van der Waals surface area contributed by atoms with E-state index in [-0.39, 0.29) is 18.2 Å². The van der Waals surface area contributed by atoms with Crippen LogP contribution in [0, 0.1) is 0 Å². The molecule has 0 saturated heterocycles. The molecule has 0 unspecified atom stereocenters. The normalized spacial score (nSPS) is 10.8. The first-order chi connectivity index (χ1) is 14.8. The van der Waals surface area contributed by atoms with E-state index in [4.69, 9.17) is 0 Å². The molecule has 0 aliphatic carbocycles. The highest BCUT2D eigenvalue weighted by atomic mass is 35.5. The molecule has 0 atom stereocenters. The van der Waals surface area contributed by atoms with Crippen LogP contribution in [-0.2, 0) is 0 Å². The standard InChI is InChI=1S/C28H26OP.ClH/c29-28(24-14-5-1-6-15-24)22-13-23-30(25-16-7-2-8-17-25,26-18-9-3-10-19-26)27-20-11-4-12-21-27;/h1-12,14-21H,13,22-23H2;1H/q+1;. The Balaban J connectivity index is 0.00000272. The lowest BCUT2D eigenvalue weighted by Gasteiger charge is -2.27. The molecule has 0 bridgehead atoms. The highest BCUT2D eigenvalue weighted by Gasteiger charge is 2.44. The summed E-state index contributed by atoms with van der Waals surface area (Å²) in [6, 6.07) is 42.2. The topological polar surface area (TPSA) is 17.1 Å². The van der Waals surface area contributed by atoms with E-state index in [2.05, 4.69) is 91.0 Å². The fourth-order valence-corrected chi connectivity index (χ4v) is 8.47. The van der Waals surface area contributed by atoms with E-state index in [1.165, 1.54) is 15.9 Å². The Kier molecular flexibility index (Phi) is 8.18. The number of halogens is 1. The third kappa shape index (κ3) is 5.13. The van der Waals surface area contributed by atoms with Crippen LogP contribution in [0.25, 0.3) is 0 Å². The van der Waals surface area contributed by atoms with Crippen LogP contribution in [0.4, 0.5) is 0 Å². The van der Waals surface area contributed by atoms with Gasteiger partial charge in [0, 0.05) is 12.0 Å². The number of Topliss-reactive ketones (excluding diaryl/α,β-unsaturated/α-hetero) is 1. The smallest absolute Gasteiger partial charge is 0.163 e. The van der Waals surface area contributed by atoms with Gasteiger partial charge in [-0.1, -0.05) is 84.9 Å². The van der Waals surface area contributed by atoms with Crippen LogP contribution in [0.15, 0.2) is 121 Å². The summed E-state index contributed by atoms with van der Waals surface area (Å²) in [5, 5.41) is 4.11. The monoisotopic (exact) mass is 445 g/mol. The third-order valence-corrected chi connectivity index (χ3v) is 10.1. The molecule has 0 spiro atoms. The van der Waals surface area contributed by atoms with Crippen molar-refractivity contribution >= 4 is 41.4 Å². The Bertz CT molecular complexity index is 970. The molecule has 3 heteroatoms. The molecule has 156 valence electrons. The minimum atomic E-state index is -1.85. The molecule has 0 amide bonds. The molecule has 0 heterocycles. The van der Waals surface area contributed by atoms with Gasteiger partial charge in [-0.2, -0.15) is 0 Å². The molecule has 1 nitrogen and oxygen atoms in total. The summed E-state index contributed by atoms with van der Waals surface area (Å²) in [5.74, 6) is 0.225. The van der Waals surface area contributed by atoms with Gasteiger partial charge >= 0.3 is 0 Å². The third-order valence-electron chi connectivity index (χ3n) is 5.58. The van der Waals surface area contributed by atoms with Gasteiger partial charge in [-0.05, 0) is 42.8 Å². The van der Waals surface area contributed by atoms with Gasteiger partial charge in [-0.25, -0.2) is 0 Å². The molecule has 4 aromatic rings. The zero-order valence-corrected chi connectivity index (χ0v) is 19.1. The molecule has 0 N–H and O–H groups in total. The van der Waals surface area contributed by atoms with Crippen molar-refractivity contribution in [2.24, 2.45) is 0 Å². The molecule has 0 aliphatic rings. The van der Waals surface area contributed by atoms with Crippen molar-refractivity contribution in [3.05, 3.63) is 127 Å².